The van der Waals surface area contributed by atoms with Gasteiger partial charge in [0.25, 0.3) is 0 Å². The van der Waals surface area contributed by atoms with Crippen molar-refractivity contribution in [1.82, 2.24) is 4.98 Å². The average molecular weight is 200 g/mol. The summed E-state index contributed by atoms with van der Waals surface area (Å²) < 4.78 is 0. The Bertz CT molecular complexity index is 495. The Labute approximate surface area is 88.2 Å². The Balaban J connectivity index is 2.58. The molecule has 0 amide bonds. The number of benzene rings is 1. The highest BCUT2D eigenvalue weighted by Gasteiger charge is 2.03. The maximum absolute atomic E-state index is 9.38. The van der Waals surface area contributed by atoms with Crippen molar-refractivity contribution in [1.29, 1.82) is 0 Å². The molecule has 0 aliphatic heterocycles. The minimum Gasteiger partial charge on any atom is -0.508 e. The zero-order valence-corrected chi connectivity index (χ0v) is 8.44. The van der Waals surface area contributed by atoms with E-state index in [9.17, 15) is 5.11 Å². The van der Waals surface area contributed by atoms with E-state index in [0.717, 1.165) is 16.8 Å². The number of pyridine rings is 1. The lowest BCUT2D eigenvalue weighted by Crippen LogP contribution is -1.92. The van der Waals surface area contributed by atoms with Gasteiger partial charge in [-0.25, -0.2) is 0 Å². The first kappa shape index (κ1) is 9.52. The molecular formula is C12H12N2O. The van der Waals surface area contributed by atoms with E-state index in [4.69, 9.17) is 5.73 Å². The number of rotatable bonds is 1. The fourth-order valence-electron chi connectivity index (χ4n) is 1.51. The van der Waals surface area contributed by atoms with Gasteiger partial charge >= 0.3 is 0 Å². The van der Waals surface area contributed by atoms with Gasteiger partial charge in [-0.2, -0.15) is 0 Å². The second-order valence-corrected chi connectivity index (χ2v) is 3.45. The molecule has 1 aromatic carbocycles. The third-order valence-corrected chi connectivity index (χ3v) is 2.27. The number of nitrogens with zero attached hydrogens (tertiary/aromatic N) is 1. The quantitative estimate of drug-likeness (QED) is 0.742. The maximum atomic E-state index is 9.38. The lowest BCUT2D eigenvalue weighted by atomic mass is 10.0. The zero-order chi connectivity index (χ0) is 10.8. The molecule has 0 saturated carbocycles. The second kappa shape index (κ2) is 3.61. The topological polar surface area (TPSA) is 59.1 Å². The fraction of sp³-hybridized carbons (Fsp3) is 0.0833. The molecule has 76 valence electrons. The van der Waals surface area contributed by atoms with Gasteiger partial charge in [-0.1, -0.05) is 12.1 Å². The number of aromatic hydroxyl groups is 1. The normalized spacial score (nSPS) is 10.2. The largest absolute Gasteiger partial charge is 0.508 e. The smallest absolute Gasteiger partial charge is 0.116 e. The zero-order valence-electron chi connectivity index (χ0n) is 8.44. The second-order valence-electron chi connectivity index (χ2n) is 3.45. The van der Waals surface area contributed by atoms with E-state index >= 15 is 0 Å². The molecule has 3 heteroatoms. The van der Waals surface area contributed by atoms with Crippen molar-refractivity contribution in [3.8, 4) is 16.9 Å². The standard InChI is InChI=1S/C12H12N2O/c1-8-12(6-10(13)7-14-8)9-3-2-4-11(15)5-9/h2-7,15H,13H2,1H3. The van der Waals surface area contributed by atoms with Crippen molar-refractivity contribution >= 4 is 5.69 Å². The summed E-state index contributed by atoms with van der Waals surface area (Å²) in [5, 5.41) is 9.38. The van der Waals surface area contributed by atoms with Crippen LogP contribution in [-0.4, -0.2) is 10.1 Å². The average Bonchev–Trinajstić information content (AvgIpc) is 2.22. The predicted molar refractivity (Wildman–Crippen MR) is 60.5 cm³/mol. The van der Waals surface area contributed by atoms with Gasteiger partial charge in [0.15, 0.2) is 0 Å². The van der Waals surface area contributed by atoms with Gasteiger partial charge < -0.3 is 10.8 Å². The van der Waals surface area contributed by atoms with E-state index in [1.165, 1.54) is 0 Å². The lowest BCUT2D eigenvalue weighted by molar-refractivity contribution is 0.475. The SMILES string of the molecule is Cc1ncc(N)cc1-c1cccc(O)c1. The first-order valence-corrected chi connectivity index (χ1v) is 4.68. The molecule has 3 N–H and O–H groups in total. The van der Waals surface area contributed by atoms with Crippen LogP contribution >= 0.6 is 0 Å². The summed E-state index contributed by atoms with van der Waals surface area (Å²) in [5.74, 6) is 0.245. The van der Waals surface area contributed by atoms with Crippen molar-refractivity contribution in [2.24, 2.45) is 0 Å². The Hall–Kier alpha value is -2.03. The first-order chi connectivity index (χ1) is 7.16. The van der Waals surface area contributed by atoms with Gasteiger partial charge in [0, 0.05) is 11.3 Å². The molecule has 2 rings (SSSR count). The van der Waals surface area contributed by atoms with Crippen LogP contribution in [0.4, 0.5) is 5.69 Å². The van der Waals surface area contributed by atoms with E-state index < -0.39 is 0 Å². The number of phenols is 1. The summed E-state index contributed by atoms with van der Waals surface area (Å²) in [7, 11) is 0. The summed E-state index contributed by atoms with van der Waals surface area (Å²) in [5.41, 5.74) is 9.07. The molecule has 0 atom stereocenters. The van der Waals surface area contributed by atoms with Crippen LogP contribution in [0.15, 0.2) is 36.5 Å². The van der Waals surface area contributed by atoms with Gasteiger partial charge in [-0.15, -0.1) is 0 Å². The molecule has 0 aliphatic rings. The number of aromatic nitrogens is 1. The van der Waals surface area contributed by atoms with Crippen LogP contribution in [0.2, 0.25) is 0 Å². The number of nitrogen functional groups attached to an aromatic ring is 1. The van der Waals surface area contributed by atoms with E-state index in [2.05, 4.69) is 4.98 Å². The summed E-state index contributed by atoms with van der Waals surface area (Å²) in [6.45, 7) is 1.92. The minimum absolute atomic E-state index is 0.245. The number of nitrogens with two attached hydrogens (primary N) is 1. The summed E-state index contributed by atoms with van der Waals surface area (Å²) in [6.07, 6.45) is 1.63. The predicted octanol–water partition coefficient (Wildman–Crippen LogP) is 2.34. The number of phenolic OH excluding ortho intramolecular Hbond substituents is 1. The van der Waals surface area contributed by atoms with Crippen LogP contribution in [-0.2, 0) is 0 Å². The van der Waals surface area contributed by atoms with Crippen molar-refractivity contribution in [2.45, 2.75) is 6.92 Å². The molecule has 0 fully saturated rings. The number of aryl methyl sites for hydroxylation is 1. The molecule has 0 unspecified atom stereocenters. The van der Waals surface area contributed by atoms with Crippen LogP contribution in [0.5, 0.6) is 5.75 Å². The highest BCUT2D eigenvalue weighted by atomic mass is 16.3. The van der Waals surface area contributed by atoms with Gasteiger partial charge in [0.1, 0.15) is 5.75 Å². The van der Waals surface area contributed by atoms with E-state index in [1.54, 1.807) is 24.4 Å². The number of anilines is 1. The number of hydrogen-bond donors (Lipinski definition) is 2. The van der Waals surface area contributed by atoms with Gasteiger partial charge in [-0.3, -0.25) is 4.98 Å². The lowest BCUT2D eigenvalue weighted by Gasteiger charge is -2.06. The molecule has 0 bridgehead atoms. The number of hydrogen-bond acceptors (Lipinski definition) is 3. The van der Waals surface area contributed by atoms with Crippen molar-refractivity contribution in [3.05, 3.63) is 42.2 Å². The summed E-state index contributed by atoms with van der Waals surface area (Å²) in [4.78, 5) is 4.18. The van der Waals surface area contributed by atoms with Gasteiger partial charge in [-0.05, 0) is 30.7 Å². The Morgan fingerprint density at radius 3 is 2.80 bits per heavy atom. The summed E-state index contributed by atoms with van der Waals surface area (Å²) in [6, 6.07) is 8.91. The molecular weight excluding hydrogens is 188 g/mol. The highest BCUT2D eigenvalue weighted by molar-refractivity contribution is 5.69. The third-order valence-electron chi connectivity index (χ3n) is 2.27. The Kier molecular flexibility index (Phi) is 2.29. The maximum Gasteiger partial charge on any atom is 0.116 e. The molecule has 3 nitrogen and oxygen atoms in total. The first-order valence-electron chi connectivity index (χ1n) is 4.68. The van der Waals surface area contributed by atoms with Gasteiger partial charge in [0.2, 0.25) is 0 Å². The van der Waals surface area contributed by atoms with Gasteiger partial charge in [0.05, 0.1) is 11.9 Å². The molecule has 2 aromatic rings. The van der Waals surface area contributed by atoms with Crippen molar-refractivity contribution in [3.63, 3.8) is 0 Å². The molecule has 0 radical (unpaired) electrons. The molecule has 0 spiro atoms. The van der Waals surface area contributed by atoms with Crippen LogP contribution in [0.25, 0.3) is 11.1 Å². The monoisotopic (exact) mass is 200 g/mol. The highest BCUT2D eigenvalue weighted by Crippen LogP contribution is 2.26. The molecule has 1 heterocycles. The van der Waals surface area contributed by atoms with Crippen molar-refractivity contribution < 1.29 is 5.11 Å². The van der Waals surface area contributed by atoms with E-state index in [0.29, 0.717) is 5.69 Å². The molecule has 0 saturated heterocycles. The van der Waals surface area contributed by atoms with E-state index in [1.807, 2.05) is 19.1 Å². The fourth-order valence-corrected chi connectivity index (χ4v) is 1.51. The van der Waals surface area contributed by atoms with Crippen LogP contribution in [0, 0.1) is 6.92 Å². The van der Waals surface area contributed by atoms with Crippen LogP contribution in [0.1, 0.15) is 5.69 Å². The third kappa shape index (κ3) is 1.91. The minimum atomic E-state index is 0.245. The molecule has 0 aliphatic carbocycles. The Morgan fingerprint density at radius 2 is 2.07 bits per heavy atom. The van der Waals surface area contributed by atoms with Crippen LogP contribution < -0.4 is 5.73 Å². The van der Waals surface area contributed by atoms with E-state index in [-0.39, 0.29) is 5.75 Å². The molecule has 1 aromatic heterocycles. The van der Waals surface area contributed by atoms with Crippen molar-refractivity contribution in [2.75, 3.05) is 5.73 Å². The Morgan fingerprint density at radius 1 is 1.27 bits per heavy atom. The summed E-state index contributed by atoms with van der Waals surface area (Å²) >= 11 is 0. The molecule has 15 heavy (non-hydrogen) atoms. The van der Waals surface area contributed by atoms with Crippen LogP contribution in [0.3, 0.4) is 0 Å².